The number of carbonyl (C=O) groups is 2. The number of pyridine rings is 1. The van der Waals surface area contributed by atoms with Crippen LogP contribution in [0.25, 0.3) is 0 Å². The van der Waals surface area contributed by atoms with Crippen LogP contribution in [0.4, 0.5) is 0 Å². The van der Waals surface area contributed by atoms with Gasteiger partial charge in [0.15, 0.2) is 0 Å². The van der Waals surface area contributed by atoms with E-state index in [9.17, 15) is 14.7 Å². The highest BCUT2D eigenvalue weighted by Gasteiger charge is 2.36. The Morgan fingerprint density at radius 3 is 2.67 bits per heavy atom. The lowest BCUT2D eigenvalue weighted by atomic mass is 9.81. The van der Waals surface area contributed by atoms with Crippen molar-refractivity contribution in [2.45, 2.75) is 18.8 Å². The summed E-state index contributed by atoms with van der Waals surface area (Å²) in [5.74, 6) is -1.02. The van der Waals surface area contributed by atoms with Crippen molar-refractivity contribution in [2.24, 2.45) is 11.8 Å². The quantitative estimate of drug-likeness (QED) is 0.717. The molecular formula is C20H27N3O4. The van der Waals surface area contributed by atoms with Gasteiger partial charge >= 0.3 is 0 Å². The van der Waals surface area contributed by atoms with E-state index in [-0.39, 0.29) is 36.2 Å². The number of hydrogen-bond acceptors (Lipinski definition) is 5. The highest BCUT2D eigenvalue weighted by molar-refractivity contribution is 5.88. The third-order valence-corrected chi connectivity index (χ3v) is 5.31. The fourth-order valence-corrected chi connectivity index (χ4v) is 3.66. The van der Waals surface area contributed by atoms with E-state index in [1.165, 1.54) is 0 Å². The van der Waals surface area contributed by atoms with Gasteiger partial charge in [-0.05, 0) is 24.5 Å². The van der Waals surface area contributed by atoms with Crippen LogP contribution in [-0.4, -0.2) is 66.3 Å². The van der Waals surface area contributed by atoms with Crippen LogP contribution in [0.1, 0.15) is 24.3 Å². The zero-order valence-electron chi connectivity index (χ0n) is 15.4. The number of morpholine rings is 1. The Bertz CT molecular complexity index is 658. The lowest BCUT2D eigenvalue weighted by molar-refractivity contribution is -0.145. The maximum atomic E-state index is 12.9. The smallest absolute Gasteiger partial charge is 0.226 e. The second-order valence-corrected chi connectivity index (χ2v) is 7.00. The second kappa shape index (κ2) is 9.62. The summed E-state index contributed by atoms with van der Waals surface area (Å²) in [7, 11) is 0. The minimum atomic E-state index is -0.376. The summed E-state index contributed by atoms with van der Waals surface area (Å²) in [5.41, 5.74) is 0.879. The first-order valence-corrected chi connectivity index (χ1v) is 9.50. The molecule has 0 radical (unpaired) electrons. The Hall–Kier alpha value is -2.25. The van der Waals surface area contributed by atoms with Gasteiger partial charge in [0.1, 0.15) is 0 Å². The number of ether oxygens (including phenoxy) is 1. The molecule has 1 aliphatic heterocycles. The molecule has 2 amide bonds. The van der Waals surface area contributed by atoms with Crippen LogP contribution in [-0.2, 0) is 14.3 Å². The molecule has 0 spiro atoms. The van der Waals surface area contributed by atoms with Gasteiger partial charge in [-0.3, -0.25) is 14.6 Å². The normalized spacial score (nSPS) is 23.7. The lowest BCUT2D eigenvalue weighted by Crippen LogP contribution is -2.48. The third-order valence-electron chi connectivity index (χ3n) is 5.31. The molecule has 3 rings (SSSR count). The number of allylic oxidation sites excluding steroid dienone is 2. The third kappa shape index (κ3) is 4.93. The molecule has 2 heterocycles. The molecule has 0 aromatic carbocycles. The molecule has 3 atom stereocenters. The summed E-state index contributed by atoms with van der Waals surface area (Å²) in [6.07, 6.45) is 8.47. The molecule has 0 saturated carbocycles. The SMILES string of the molecule is O=C(NCC(CO)c1cccnc1)C1CC=CCC1C(=O)N1CCOCC1. The molecular weight excluding hydrogens is 346 g/mol. The summed E-state index contributed by atoms with van der Waals surface area (Å²) in [4.78, 5) is 31.6. The molecule has 1 saturated heterocycles. The van der Waals surface area contributed by atoms with Crippen molar-refractivity contribution in [1.29, 1.82) is 0 Å². The fourth-order valence-electron chi connectivity index (χ4n) is 3.66. The Labute approximate surface area is 159 Å². The first kappa shape index (κ1) is 19.5. The number of carbonyl (C=O) groups excluding carboxylic acids is 2. The fraction of sp³-hybridized carbons (Fsp3) is 0.550. The van der Waals surface area contributed by atoms with Crippen molar-refractivity contribution < 1.29 is 19.4 Å². The Balaban J connectivity index is 1.61. The lowest BCUT2D eigenvalue weighted by Gasteiger charge is -2.34. The highest BCUT2D eigenvalue weighted by atomic mass is 16.5. The van der Waals surface area contributed by atoms with Gasteiger partial charge in [-0.1, -0.05) is 18.2 Å². The van der Waals surface area contributed by atoms with E-state index in [1.54, 1.807) is 17.3 Å². The van der Waals surface area contributed by atoms with Crippen LogP contribution in [0.2, 0.25) is 0 Å². The van der Waals surface area contributed by atoms with E-state index in [0.717, 1.165) is 5.56 Å². The first-order valence-electron chi connectivity index (χ1n) is 9.50. The summed E-state index contributed by atoms with van der Waals surface area (Å²) < 4.78 is 5.31. The van der Waals surface area contributed by atoms with Crippen LogP contribution in [0.15, 0.2) is 36.7 Å². The van der Waals surface area contributed by atoms with Gasteiger partial charge in [-0.2, -0.15) is 0 Å². The van der Waals surface area contributed by atoms with Crippen LogP contribution in [0, 0.1) is 11.8 Å². The van der Waals surface area contributed by atoms with Crippen LogP contribution in [0.3, 0.4) is 0 Å². The maximum Gasteiger partial charge on any atom is 0.226 e. The van der Waals surface area contributed by atoms with Crippen molar-refractivity contribution in [3.63, 3.8) is 0 Å². The zero-order valence-corrected chi connectivity index (χ0v) is 15.4. The minimum absolute atomic E-state index is 0.0359. The number of rotatable bonds is 6. The Morgan fingerprint density at radius 2 is 2.00 bits per heavy atom. The number of amides is 2. The summed E-state index contributed by atoms with van der Waals surface area (Å²) in [6.45, 7) is 2.51. The van der Waals surface area contributed by atoms with E-state index in [4.69, 9.17) is 4.74 Å². The summed E-state index contributed by atoms with van der Waals surface area (Å²) in [5, 5.41) is 12.6. The number of nitrogens with one attached hydrogen (secondary N) is 1. The van der Waals surface area contributed by atoms with Crippen LogP contribution < -0.4 is 5.32 Å². The standard InChI is InChI=1S/C20H27N3O4/c24-14-16(15-4-3-7-21-12-15)13-22-19(25)17-5-1-2-6-18(17)20(26)23-8-10-27-11-9-23/h1-4,7,12,16-18,24H,5-6,8-11,13-14H2,(H,22,25). The molecule has 1 fully saturated rings. The largest absolute Gasteiger partial charge is 0.396 e. The Kier molecular flexibility index (Phi) is 6.95. The van der Waals surface area contributed by atoms with Gasteiger partial charge in [0.25, 0.3) is 0 Å². The number of aliphatic hydroxyl groups excluding tert-OH is 1. The van der Waals surface area contributed by atoms with E-state index in [0.29, 0.717) is 45.7 Å². The molecule has 1 aromatic heterocycles. The minimum Gasteiger partial charge on any atom is -0.396 e. The van der Waals surface area contributed by atoms with Gasteiger partial charge in [-0.15, -0.1) is 0 Å². The van der Waals surface area contributed by atoms with E-state index >= 15 is 0 Å². The van der Waals surface area contributed by atoms with Crippen molar-refractivity contribution >= 4 is 11.8 Å². The monoisotopic (exact) mass is 373 g/mol. The molecule has 2 aliphatic rings. The number of hydrogen-bond donors (Lipinski definition) is 2. The van der Waals surface area contributed by atoms with Gasteiger partial charge in [0.05, 0.1) is 31.7 Å². The maximum absolute atomic E-state index is 12.9. The summed E-state index contributed by atoms with van der Waals surface area (Å²) in [6, 6.07) is 3.69. The highest BCUT2D eigenvalue weighted by Crippen LogP contribution is 2.28. The molecule has 146 valence electrons. The molecule has 2 N–H and O–H groups in total. The molecule has 1 aliphatic carbocycles. The van der Waals surface area contributed by atoms with Gasteiger partial charge < -0.3 is 20.1 Å². The average Bonchev–Trinajstić information content (AvgIpc) is 2.75. The number of aromatic nitrogens is 1. The molecule has 7 heteroatoms. The predicted molar refractivity (Wildman–Crippen MR) is 99.8 cm³/mol. The van der Waals surface area contributed by atoms with Crippen LogP contribution in [0.5, 0.6) is 0 Å². The molecule has 7 nitrogen and oxygen atoms in total. The predicted octanol–water partition coefficient (Wildman–Crippen LogP) is 0.715. The number of nitrogens with zero attached hydrogens (tertiary/aromatic N) is 2. The van der Waals surface area contributed by atoms with E-state index < -0.39 is 0 Å². The molecule has 1 aromatic rings. The van der Waals surface area contributed by atoms with E-state index in [2.05, 4.69) is 10.3 Å². The molecule has 0 bridgehead atoms. The average molecular weight is 373 g/mol. The van der Waals surface area contributed by atoms with Crippen LogP contribution >= 0.6 is 0 Å². The first-order chi connectivity index (χ1) is 13.2. The second-order valence-electron chi connectivity index (χ2n) is 7.00. The topological polar surface area (TPSA) is 91.8 Å². The zero-order chi connectivity index (χ0) is 19.1. The Morgan fingerprint density at radius 1 is 1.26 bits per heavy atom. The van der Waals surface area contributed by atoms with Gasteiger partial charge in [0.2, 0.25) is 11.8 Å². The van der Waals surface area contributed by atoms with Crippen molar-refractivity contribution in [3.8, 4) is 0 Å². The van der Waals surface area contributed by atoms with Crippen molar-refractivity contribution in [1.82, 2.24) is 15.2 Å². The molecule has 27 heavy (non-hydrogen) atoms. The van der Waals surface area contributed by atoms with Crippen molar-refractivity contribution in [3.05, 3.63) is 42.2 Å². The summed E-state index contributed by atoms with van der Waals surface area (Å²) >= 11 is 0. The van der Waals surface area contributed by atoms with Crippen molar-refractivity contribution in [2.75, 3.05) is 39.5 Å². The van der Waals surface area contributed by atoms with E-state index in [1.807, 2.05) is 24.3 Å². The number of aliphatic hydroxyl groups is 1. The molecule has 3 unspecified atom stereocenters. The van der Waals surface area contributed by atoms with Gasteiger partial charge in [0, 0.05) is 37.9 Å². The van der Waals surface area contributed by atoms with Gasteiger partial charge in [-0.25, -0.2) is 0 Å².